The van der Waals surface area contributed by atoms with Gasteiger partial charge in [0.05, 0.1) is 0 Å². The Bertz CT molecular complexity index is 898. The predicted molar refractivity (Wildman–Crippen MR) is 127 cm³/mol. The summed E-state index contributed by atoms with van der Waals surface area (Å²) in [6.07, 6.45) is 4.73. The van der Waals surface area contributed by atoms with Gasteiger partial charge >= 0.3 is 193 Å². The molecule has 1 aliphatic heterocycles. The Morgan fingerprint density at radius 1 is 1.13 bits per heavy atom. The van der Waals surface area contributed by atoms with Crippen molar-refractivity contribution in [2.75, 3.05) is 0 Å². The quantitative estimate of drug-likeness (QED) is 0.456. The molecule has 0 radical (unpaired) electrons. The van der Waals surface area contributed by atoms with E-state index < -0.39 is 0 Å². The first-order valence-corrected chi connectivity index (χ1v) is 13.1. The second-order valence-corrected chi connectivity index (χ2v) is 12.0. The number of benzene rings is 2. The molecular formula is C27H33NO2Se. The van der Waals surface area contributed by atoms with Crippen LogP contribution in [0.25, 0.3) is 0 Å². The number of hydrogen-bond donors (Lipinski definition) is 0. The van der Waals surface area contributed by atoms with Gasteiger partial charge < -0.3 is 0 Å². The molecule has 0 N–H and O–H groups in total. The fourth-order valence-corrected chi connectivity index (χ4v) is 7.85. The summed E-state index contributed by atoms with van der Waals surface area (Å²) < 4.78 is 8.21. The Labute approximate surface area is 193 Å². The standard InChI is InChI=1S/C27H33NO2Se/c1-5-24(29)28-26(30-23-18-19(2)16-17-22(23)27(28,3)4)25(20-12-8-6-9-13-20)31-21-14-10-7-11-15-21/h5-15,19,22-23,25-26H,1,16-18H2,2-4H3/t19-,22-,23-,25?,26+/m1/s1. The molecule has 164 valence electrons. The third kappa shape index (κ3) is 4.53. The molecular weight excluding hydrogens is 449 g/mol. The summed E-state index contributed by atoms with van der Waals surface area (Å²) in [5.41, 5.74) is 0.954. The number of hydrogen-bond acceptors (Lipinski definition) is 2. The van der Waals surface area contributed by atoms with Crippen molar-refractivity contribution < 1.29 is 9.53 Å². The van der Waals surface area contributed by atoms with Crippen LogP contribution in [0.4, 0.5) is 0 Å². The second-order valence-electron chi connectivity index (χ2n) is 9.42. The molecule has 1 saturated carbocycles. The van der Waals surface area contributed by atoms with Gasteiger partial charge in [0.25, 0.3) is 0 Å². The summed E-state index contributed by atoms with van der Waals surface area (Å²) in [6.45, 7) is 10.6. The normalized spacial score (nSPS) is 28.4. The average molecular weight is 483 g/mol. The molecule has 5 atom stereocenters. The molecule has 2 aromatic carbocycles. The van der Waals surface area contributed by atoms with E-state index >= 15 is 0 Å². The van der Waals surface area contributed by atoms with Crippen LogP contribution >= 0.6 is 0 Å². The van der Waals surface area contributed by atoms with Crippen LogP contribution in [-0.4, -0.2) is 43.6 Å². The third-order valence-electron chi connectivity index (χ3n) is 6.96. The minimum atomic E-state index is -0.297. The summed E-state index contributed by atoms with van der Waals surface area (Å²) in [5, 5.41) is 0. The number of ether oxygens (including phenoxy) is 1. The zero-order valence-electron chi connectivity index (χ0n) is 18.7. The van der Waals surface area contributed by atoms with Gasteiger partial charge in [-0.25, -0.2) is 0 Å². The van der Waals surface area contributed by atoms with Crippen LogP contribution in [0.15, 0.2) is 73.3 Å². The number of nitrogens with zero attached hydrogens (tertiary/aromatic N) is 1. The fourth-order valence-electron chi connectivity index (χ4n) is 5.33. The van der Waals surface area contributed by atoms with E-state index in [9.17, 15) is 4.79 Å². The Kier molecular flexibility index (Phi) is 6.71. The van der Waals surface area contributed by atoms with Crippen LogP contribution in [0.3, 0.4) is 0 Å². The van der Waals surface area contributed by atoms with Gasteiger partial charge in [-0.1, -0.05) is 0 Å². The van der Waals surface area contributed by atoms with Crippen molar-refractivity contribution in [3.63, 3.8) is 0 Å². The van der Waals surface area contributed by atoms with E-state index in [-0.39, 0.29) is 43.6 Å². The van der Waals surface area contributed by atoms with Crippen LogP contribution in [0.1, 0.15) is 50.4 Å². The van der Waals surface area contributed by atoms with Crippen LogP contribution in [0.5, 0.6) is 0 Å². The van der Waals surface area contributed by atoms with E-state index in [1.165, 1.54) is 22.5 Å². The molecule has 0 bridgehead atoms. The summed E-state index contributed by atoms with van der Waals surface area (Å²) in [4.78, 5) is 15.4. The molecule has 2 fully saturated rings. The van der Waals surface area contributed by atoms with Crippen molar-refractivity contribution in [3.05, 3.63) is 78.9 Å². The predicted octanol–water partition coefficient (Wildman–Crippen LogP) is 4.71. The van der Waals surface area contributed by atoms with Crippen molar-refractivity contribution >= 4 is 25.3 Å². The van der Waals surface area contributed by atoms with E-state index in [0.717, 1.165) is 12.8 Å². The number of rotatable bonds is 5. The molecule has 2 aromatic rings. The Hall–Kier alpha value is -1.87. The summed E-state index contributed by atoms with van der Waals surface area (Å²) >= 11 is 0.107. The van der Waals surface area contributed by atoms with E-state index in [4.69, 9.17) is 4.74 Å². The van der Waals surface area contributed by atoms with Crippen LogP contribution < -0.4 is 4.46 Å². The Balaban J connectivity index is 1.78. The Morgan fingerprint density at radius 3 is 2.42 bits per heavy atom. The van der Waals surface area contributed by atoms with Crippen LogP contribution in [-0.2, 0) is 9.53 Å². The third-order valence-corrected chi connectivity index (χ3v) is 9.69. The topological polar surface area (TPSA) is 29.5 Å². The first-order valence-electron chi connectivity index (χ1n) is 11.3. The van der Waals surface area contributed by atoms with Gasteiger partial charge in [-0.05, 0) is 0 Å². The zero-order valence-corrected chi connectivity index (χ0v) is 20.5. The van der Waals surface area contributed by atoms with Crippen molar-refractivity contribution in [2.24, 2.45) is 11.8 Å². The molecule has 3 nitrogen and oxygen atoms in total. The van der Waals surface area contributed by atoms with Gasteiger partial charge in [-0.15, -0.1) is 0 Å². The molecule has 31 heavy (non-hydrogen) atoms. The Morgan fingerprint density at radius 2 is 1.77 bits per heavy atom. The zero-order chi connectivity index (χ0) is 22.0. The molecule has 4 heteroatoms. The first-order chi connectivity index (χ1) is 14.9. The van der Waals surface area contributed by atoms with Crippen LogP contribution in [0, 0.1) is 11.8 Å². The van der Waals surface area contributed by atoms with E-state index in [2.05, 4.69) is 81.9 Å². The van der Waals surface area contributed by atoms with Crippen molar-refractivity contribution in [1.82, 2.24) is 4.90 Å². The summed E-state index contributed by atoms with van der Waals surface area (Å²) in [7, 11) is 0. The molecule has 0 spiro atoms. The monoisotopic (exact) mass is 483 g/mol. The van der Waals surface area contributed by atoms with E-state index in [0.29, 0.717) is 11.8 Å². The molecule has 1 aliphatic carbocycles. The number of carbonyl (C=O) groups is 1. The van der Waals surface area contributed by atoms with Crippen molar-refractivity contribution in [3.8, 4) is 0 Å². The van der Waals surface area contributed by atoms with Gasteiger partial charge in [0, 0.05) is 0 Å². The molecule has 0 aromatic heterocycles. The summed E-state index contributed by atoms with van der Waals surface area (Å²) in [5.74, 6) is 0.982. The molecule has 1 saturated heterocycles. The molecule has 1 amide bonds. The SMILES string of the molecule is C=CC(=O)N1[C@H](C([Se]c2ccccc2)c2ccccc2)O[C@@H]2C[C@H](C)CC[C@H]2C1(C)C. The van der Waals surface area contributed by atoms with Gasteiger partial charge in [0.2, 0.25) is 0 Å². The minimum absolute atomic E-state index is 0.0307. The van der Waals surface area contributed by atoms with Gasteiger partial charge in [-0.2, -0.15) is 0 Å². The second kappa shape index (κ2) is 9.32. The molecule has 2 aliphatic rings. The van der Waals surface area contributed by atoms with Crippen molar-refractivity contribution in [2.45, 2.75) is 62.7 Å². The maximum atomic E-state index is 13.3. The van der Waals surface area contributed by atoms with Gasteiger partial charge in [0.15, 0.2) is 0 Å². The van der Waals surface area contributed by atoms with E-state index in [1.807, 2.05) is 11.0 Å². The number of fused-ring (bicyclic) bond motifs is 1. The van der Waals surface area contributed by atoms with Gasteiger partial charge in [0.1, 0.15) is 0 Å². The number of amides is 1. The fraction of sp³-hybridized carbons (Fsp3) is 0.444. The average Bonchev–Trinajstić information content (AvgIpc) is 2.77. The first kappa shape index (κ1) is 22.3. The number of carbonyl (C=O) groups excluding carboxylic acids is 1. The van der Waals surface area contributed by atoms with Crippen LogP contribution in [0.2, 0.25) is 0 Å². The maximum absolute atomic E-state index is 13.3. The molecule has 1 heterocycles. The molecule has 4 rings (SSSR count). The molecule has 1 unspecified atom stereocenters. The summed E-state index contributed by atoms with van der Waals surface area (Å²) in [6, 6.07) is 21.2. The van der Waals surface area contributed by atoms with Crippen molar-refractivity contribution in [1.29, 1.82) is 0 Å². The van der Waals surface area contributed by atoms with Gasteiger partial charge in [-0.3, -0.25) is 0 Å². The van der Waals surface area contributed by atoms with E-state index in [1.54, 1.807) is 0 Å².